The van der Waals surface area contributed by atoms with Crippen molar-refractivity contribution in [3.63, 3.8) is 0 Å². The Morgan fingerprint density at radius 1 is 0.654 bits per heavy atom. The molecule has 0 heterocycles. The summed E-state index contributed by atoms with van der Waals surface area (Å²) < 4.78 is 0. The molecule has 26 heavy (non-hydrogen) atoms. The third-order valence-electron chi connectivity index (χ3n) is 4.83. The molecule has 0 spiro atoms. The summed E-state index contributed by atoms with van der Waals surface area (Å²) >= 11 is 0. The highest BCUT2D eigenvalue weighted by molar-refractivity contribution is 5.83. The van der Waals surface area contributed by atoms with Gasteiger partial charge in [0.15, 0.2) is 0 Å². The Bertz CT molecular complexity index is 343. The van der Waals surface area contributed by atoms with Crippen LogP contribution in [0.2, 0.25) is 0 Å². The highest BCUT2D eigenvalue weighted by Gasteiger charge is 2.15. The minimum atomic E-state index is -0.405. The Hall–Kier alpha value is -1.10. The average molecular weight is 371 g/mol. The van der Waals surface area contributed by atoms with E-state index in [1.807, 2.05) is 4.90 Å². The van der Waals surface area contributed by atoms with Crippen LogP contribution in [-0.4, -0.2) is 47.1 Å². The van der Waals surface area contributed by atoms with Gasteiger partial charge in [-0.15, -0.1) is 0 Å². The van der Waals surface area contributed by atoms with E-state index in [0.29, 0.717) is 5.06 Å². The molecule has 0 saturated carbocycles. The first-order chi connectivity index (χ1) is 12.5. The molecule has 5 nitrogen and oxygen atoms in total. The van der Waals surface area contributed by atoms with Gasteiger partial charge in [0.2, 0.25) is 11.8 Å². The number of hydroxylamine groups is 2. The summed E-state index contributed by atoms with van der Waals surface area (Å²) in [5.74, 6) is -0.361. The second kappa shape index (κ2) is 17.3. The molecular weight excluding hydrogens is 328 g/mol. The van der Waals surface area contributed by atoms with Crippen LogP contribution in [-0.2, 0) is 9.59 Å². The fourth-order valence-corrected chi connectivity index (χ4v) is 3.06. The van der Waals surface area contributed by atoms with Crippen LogP contribution >= 0.6 is 0 Å². The molecule has 0 aromatic heterocycles. The van der Waals surface area contributed by atoms with Gasteiger partial charge in [-0.2, -0.15) is 0 Å². The largest absolute Gasteiger partial charge is 0.343 e. The molecule has 0 bridgehead atoms. The number of nitrogens with zero attached hydrogens (tertiary/aromatic N) is 2. The predicted molar refractivity (Wildman–Crippen MR) is 107 cm³/mol. The smallest absolute Gasteiger partial charge is 0.246 e. The number of amides is 2. The van der Waals surface area contributed by atoms with Crippen molar-refractivity contribution in [1.82, 2.24) is 9.96 Å². The minimum absolute atomic E-state index is 0.0438. The number of rotatable bonds is 17. The second-order valence-electron chi connectivity index (χ2n) is 7.33. The van der Waals surface area contributed by atoms with Gasteiger partial charge in [-0.25, -0.2) is 5.06 Å². The Morgan fingerprint density at radius 2 is 1.04 bits per heavy atom. The van der Waals surface area contributed by atoms with Crippen LogP contribution in [0.3, 0.4) is 0 Å². The van der Waals surface area contributed by atoms with Crippen molar-refractivity contribution < 1.29 is 14.8 Å². The zero-order valence-corrected chi connectivity index (χ0v) is 17.5. The normalized spacial score (nSPS) is 10.8. The van der Waals surface area contributed by atoms with Crippen LogP contribution in [0.5, 0.6) is 0 Å². The summed E-state index contributed by atoms with van der Waals surface area (Å²) in [5, 5.41) is 9.69. The van der Waals surface area contributed by atoms with Crippen molar-refractivity contribution in [2.75, 3.05) is 20.1 Å². The van der Waals surface area contributed by atoms with Crippen molar-refractivity contribution in [2.45, 2.75) is 104 Å². The van der Waals surface area contributed by atoms with Gasteiger partial charge in [0.05, 0.1) is 0 Å². The highest BCUT2D eigenvalue weighted by atomic mass is 16.5. The van der Waals surface area contributed by atoms with Gasteiger partial charge < -0.3 is 4.90 Å². The van der Waals surface area contributed by atoms with E-state index >= 15 is 0 Å². The summed E-state index contributed by atoms with van der Waals surface area (Å²) in [5.41, 5.74) is 0. The fraction of sp³-hybridized carbons (Fsp3) is 0.905. The zero-order valence-electron chi connectivity index (χ0n) is 17.5. The van der Waals surface area contributed by atoms with Gasteiger partial charge in [-0.1, -0.05) is 78.1 Å². The van der Waals surface area contributed by atoms with Gasteiger partial charge in [-0.3, -0.25) is 14.8 Å². The Kier molecular flexibility index (Phi) is 16.6. The average Bonchev–Trinajstić information content (AvgIpc) is 2.63. The van der Waals surface area contributed by atoms with Crippen molar-refractivity contribution >= 4 is 11.8 Å². The lowest BCUT2D eigenvalue weighted by Crippen LogP contribution is -2.34. The summed E-state index contributed by atoms with van der Waals surface area (Å²) in [6.07, 6.45) is 14.8. The third-order valence-corrected chi connectivity index (χ3v) is 4.83. The van der Waals surface area contributed by atoms with E-state index in [0.717, 1.165) is 25.9 Å². The van der Waals surface area contributed by atoms with Crippen molar-refractivity contribution in [3.8, 4) is 0 Å². The van der Waals surface area contributed by atoms with Crippen LogP contribution in [0, 0.1) is 0 Å². The molecule has 0 atom stereocenters. The van der Waals surface area contributed by atoms with E-state index in [9.17, 15) is 9.59 Å². The number of unbranched alkanes of at least 4 members (excludes halogenated alkanes) is 10. The van der Waals surface area contributed by atoms with Gasteiger partial charge in [0.25, 0.3) is 0 Å². The quantitative estimate of drug-likeness (QED) is 0.218. The van der Waals surface area contributed by atoms with Crippen LogP contribution in [0.25, 0.3) is 0 Å². The standard InChI is InChI=1S/C21H42N2O3/c1-4-6-8-10-12-14-18-23(19-15-13-11-9-7-5-2)21(25)17-16-20(24)22(3)26/h26H,4-19H2,1-3H3. The summed E-state index contributed by atoms with van der Waals surface area (Å²) in [4.78, 5) is 25.9. The third kappa shape index (κ3) is 14.1. The first-order valence-corrected chi connectivity index (χ1v) is 10.8. The molecule has 154 valence electrons. The first-order valence-electron chi connectivity index (χ1n) is 10.8. The summed E-state index contributed by atoms with van der Waals surface area (Å²) in [7, 11) is 1.30. The number of hydrogen-bond donors (Lipinski definition) is 1. The van der Waals surface area contributed by atoms with E-state index < -0.39 is 5.91 Å². The lowest BCUT2D eigenvalue weighted by atomic mass is 10.1. The second-order valence-corrected chi connectivity index (χ2v) is 7.33. The molecule has 0 aliphatic carbocycles. The molecule has 0 radical (unpaired) electrons. The monoisotopic (exact) mass is 370 g/mol. The van der Waals surface area contributed by atoms with Crippen molar-refractivity contribution in [1.29, 1.82) is 0 Å². The maximum absolute atomic E-state index is 12.5. The SMILES string of the molecule is CCCCCCCCN(CCCCCCCC)C(=O)CCC(=O)N(C)O. The van der Waals surface area contributed by atoms with Crippen LogP contribution in [0.4, 0.5) is 0 Å². The topological polar surface area (TPSA) is 60.9 Å². The number of carbonyl (C=O) groups is 2. The lowest BCUT2D eigenvalue weighted by molar-refractivity contribution is -0.160. The molecule has 0 aliphatic rings. The number of hydrogen-bond acceptors (Lipinski definition) is 3. The molecule has 0 fully saturated rings. The molecule has 0 aliphatic heterocycles. The van der Waals surface area contributed by atoms with Gasteiger partial charge in [-0.05, 0) is 12.8 Å². The molecule has 0 unspecified atom stereocenters. The molecule has 2 amide bonds. The van der Waals surface area contributed by atoms with E-state index in [4.69, 9.17) is 5.21 Å². The first kappa shape index (κ1) is 24.9. The van der Waals surface area contributed by atoms with E-state index in [2.05, 4.69) is 13.8 Å². The molecule has 0 aromatic carbocycles. The maximum Gasteiger partial charge on any atom is 0.246 e. The molecular formula is C21H42N2O3. The van der Waals surface area contributed by atoms with Gasteiger partial charge in [0, 0.05) is 33.0 Å². The summed E-state index contributed by atoms with van der Waals surface area (Å²) in [6, 6.07) is 0. The minimum Gasteiger partial charge on any atom is -0.343 e. The van der Waals surface area contributed by atoms with Gasteiger partial charge in [0.1, 0.15) is 0 Å². The van der Waals surface area contributed by atoms with Crippen LogP contribution in [0.1, 0.15) is 104 Å². The van der Waals surface area contributed by atoms with E-state index in [-0.39, 0.29) is 18.7 Å². The molecule has 5 heteroatoms. The Morgan fingerprint density at radius 3 is 1.46 bits per heavy atom. The molecule has 0 rings (SSSR count). The van der Waals surface area contributed by atoms with Crippen molar-refractivity contribution in [3.05, 3.63) is 0 Å². The lowest BCUT2D eigenvalue weighted by Gasteiger charge is -2.23. The summed E-state index contributed by atoms with van der Waals surface area (Å²) in [6.45, 7) is 6.02. The number of carbonyl (C=O) groups excluding carboxylic acids is 2. The van der Waals surface area contributed by atoms with Crippen molar-refractivity contribution in [2.24, 2.45) is 0 Å². The highest BCUT2D eigenvalue weighted by Crippen LogP contribution is 2.10. The fourth-order valence-electron chi connectivity index (χ4n) is 3.06. The predicted octanol–water partition coefficient (Wildman–Crippen LogP) is 5.16. The van der Waals surface area contributed by atoms with Crippen LogP contribution < -0.4 is 0 Å². The zero-order chi connectivity index (χ0) is 19.6. The molecule has 1 N–H and O–H groups in total. The van der Waals surface area contributed by atoms with E-state index in [1.165, 1.54) is 71.3 Å². The maximum atomic E-state index is 12.5. The van der Waals surface area contributed by atoms with Crippen LogP contribution in [0.15, 0.2) is 0 Å². The molecule has 0 saturated heterocycles. The molecule has 0 aromatic rings. The van der Waals surface area contributed by atoms with Gasteiger partial charge >= 0.3 is 0 Å². The van der Waals surface area contributed by atoms with E-state index in [1.54, 1.807) is 0 Å². The Balaban J connectivity index is 4.20. The Labute approximate surface area is 161 Å².